The zero-order valence-corrected chi connectivity index (χ0v) is 13.6. The highest BCUT2D eigenvalue weighted by atomic mass is 15.3. The minimum Gasteiger partial charge on any atom is -0.353 e. The minimum absolute atomic E-state index is 0.510. The summed E-state index contributed by atoms with van der Waals surface area (Å²) in [5, 5.41) is 9.26. The summed E-state index contributed by atoms with van der Waals surface area (Å²) < 4.78 is 0. The molecule has 3 rings (SSSR count). The number of aromatic nitrogens is 1. The summed E-state index contributed by atoms with van der Waals surface area (Å²) in [6.45, 7) is 7.70. The average Bonchev–Trinajstić information content (AvgIpc) is 2.56. The van der Waals surface area contributed by atoms with Crippen LogP contribution in [0.1, 0.15) is 25.3 Å². The first-order valence-electron chi connectivity index (χ1n) is 8.23. The third-order valence-corrected chi connectivity index (χ3v) is 5.04. The smallest absolute Gasteiger partial charge is 0.146 e. The van der Waals surface area contributed by atoms with Crippen LogP contribution in [0.5, 0.6) is 0 Å². The average molecular weight is 299 g/mol. The van der Waals surface area contributed by atoms with Crippen molar-refractivity contribution in [3.8, 4) is 6.07 Å². The van der Waals surface area contributed by atoms with Crippen LogP contribution in [0, 0.1) is 11.3 Å². The molecule has 1 aromatic rings. The summed E-state index contributed by atoms with van der Waals surface area (Å²) in [6.07, 6.45) is 4.33. The van der Waals surface area contributed by atoms with Gasteiger partial charge in [0.15, 0.2) is 0 Å². The molecule has 22 heavy (non-hydrogen) atoms. The lowest BCUT2D eigenvalue weighted by Crippen LogP contribution is -2.57. The number of nitrogens with zero attached hydrogens (tertiary/aromatic N) is 5. The highest BCUT2D eigenvalue weighted by molar-refractivity contribution is 5.53. The number of hydrogen-bond donors (Lipinski definition) is 0. The Labute approximate surface area is 133 Å². The number of hydrogen-bond acceptors (Lipinski definition) is 5. The van der Waals surface area contributed by atoms with E-state index >= 15 is 0 Å². The number of pyridine rings is 1. The van der Waals surface area contributed by atoms with Gasteiger partial charge >= 0.3 is 0 Å². The fraction of sp³-hybridized carbons (Fsp3) is 0.647. The molecule has 0 amide bonds. The Kier molecular flexibility index (Phi) is 4.60. The van der Waals surface area contributed by atoms with Crippen LogP contribution in [-0.2, 0) is 0 Å². The monoisotopic (exact) mass is 299 g/mol. The molecule has 0 N–H and O–H groups in total. The molecule has 0 aliphatic carbocycles. The van der Waals surface area contributed by atoms with Gasteiger partial charge in [0.05, 0.1) is 5.56 Å². The van der Waals surface area contributed by atoms with Crippen molar-refractivity contribution in [2.45, 2.75) is 31.8 Å². The van der Waals surface area contributed by atoms with Gasteiger partial charge in [-0.25, -0.2) is 4.98 Å². The molecule has 0 bridgehead atoms. The lowest BCUT2D eigenvalue weighted by molar-refractivity contribution is 0.0791. The predicted molar refractivity (Wildman–Crippen MR) is 87.9 cm³/mol. The highest BCUT2D eigenvalue weighted by Gasteiger charge is 2.31. The SMILES string of the molecule is CC1CN(c2ncccc2C#N)CCN1C1CCN(C)CC1. The molecule has 2 saturated heterocycles. The second kappa shape index (κ2) is 6.64. The Morgan fingerprint density at radius 3 is 2.68 bits per heavy atom. The maximum absolute atomic E-state index is 9.26. The number of anilines is 1. The van der Waals surface area contributed by atoms with Gasteiger partial charge in [0.2, 0.25) is 0 Å². The van der Waals surface area contributed by atoms with Crippen LogP contribution in [0.4, 0.5) is 5.82 Å². The van der Waals surface area contributed by atoms with Crippen LogP contribution in [0.2, 0.25) is 0 Å². The van der Waals surface area contributed by atoms with Gasteiger partial charge in [-0.05, 0) is 52.0 Å². The topological polar surface area (TPSA) is 46.4 Å². The molecule has 2 aliphatic rings. The molecule has 3 heterocycles. The van der Waals surface area contributed by atoms with Crippen LogP contribution in [-0.4, -0.2) is 66.6 Å². The van der Waals surface area contributed by atoms with E-state index in [-0.39, 0.29) is 0 Å². The van der Waals surface area contributed by atoms with E-state index in [0.717, 1.165) is 25.5 Å². The Morgan fingerprint density at radius 1 is 1.23 bits per heavy atom. The summed E-state index contributed by atoms with van der Waals surface area (Å²) in [5.74, 6) is 0.847. The number of piperidine rings is 1. The molecule has 2 fully saturated rings. The maximum Gasteiger partial charge on any atom is 0.146 e. The van der Waals surface area contributed by atoms with Crippen molar-refractivity contribution < 1.29 is 0 Å². The van der Waals surface area contributed by atoms with E-state index in [1.165, 1.54) is 25.9 Å². The number of piperazine rings is 1. The largest absolute Gasteiger partial charge is 0.353 e. The van der Waals surface area contributed by atoms with E-state index in [1.807, 2.05) is 12.1 Å². The molecule has 5 heteroatoms. The number of nitriles is 1. The second-order valence-corrected chi connectivity index (χ2v) is 6.55. The molecular formula is C17H25N5. The van der Waals surface area contributed by atoms with Gasteiger partial charge in [-0.1, -0.05) is 0 Å². The van der Waals surface area contributed by atoms with Crippen LogP contribution >= 0.6 is 0 Å². The molecule has 0 aromatic carbocycles. The Balaban J connectivity index is 1.66. The van der Waals surface area contributed by atoms with Crippen LogP contribution in [0.15, 0.2) is 18.3 Å². The quantitative estimate of drug-likeness (QED) is 0.829. The third kappa shape index (κ3) is 3.08. The van der Waals surface area contributed by atoms with Crippen molar-refractivity contribution in [2.24, 2.45) is 0 Å². The van der Waals surface area contributed by atoms with Gasteiger partial charge in [0, 0.05) is 37.9 Å². The number of likely N-dealkylation sites (tertiary alicyclic amines) is 1. The molecule has 1 unspecified atom stereocenters. The summed E-state index contributed by atoms with van der Waals surface area (Å²) >= 11 is 0. The fourth-order valence-electron chi connectivity index (χ4n) is 3.77. The van der Waals surface area contributed by atoms with Gasteiger partial charge in [0.25, 0.3) is 0 Å². The maximum atomic E-state index is 9.26. The summed E-state index contributed by atoms with van der Waals surface area (Å²) in [6, 6.07) is 7.18. The molecule has 5 nitrogen and oxygen atoms in total. The first-order chi connectivity index (χ1) is 10.7. The molecule has 0 saturated carbocycles. The summed E-state index contributed by atoms with van der Waals surface area (Å²) in [4.78, 5) is 11.8. The van der Waals surface area contributed by atoms with Gasteiger partial charge in [-0.15, -0.1) is 0 Å². The zero-order chi connectivity index (χ0) is 15.5. The Bertz CT molecular complexity index is 544. The van der Waals surface area contributed by atoms with Crippen LogP contribution in [0.3, 0.4) is 0 Å². The second-order valence-electron chi connectivity index (χ2n) is 6.55. The molecule has 0 spiro atoms. The zero-order valence-electron chi connectivity index (χ0n) is 13.6. The van der Waals surface area contributed by atoms with Gasteiger partial charge in [-0.3, -0.25) is 4.90 Å². The van der Waals surface area contributed by atoms with Gasteiger partial charge in [0.1, 0.15) is 11.9 Å². The third-order valence-electron chi connectivity index (χ3n) is 5.04. The minimum atomic E-state index is 0.510. The van der Waals surface area contributed by atoms with Crippen molar-refractivity contribution in [1.29, 1.82) is 5.26 Å². The lowest BCUT2D eigenvalue weighted by Gasteiger charge is -2.46. The van der Waals surface area contributed by atoms with Crippen LogP contribution < -0.4 is 4.90 Å². The van der Waals surface area contributed by atoms with Crippen molar-refractivity contribution in [1.82, 2.24) is 14.8 Å². The first kappa shape index (κ1) is 15.3. The van der Waals surface area contributed by atoms with Gasteiger partial charge in [-0.2, -0.15) is 5.26 Å². The van der Waals surface area contributed by atoms with E-state index in [2.05, 4.69) is 39.7 Å². The predicted octanol–water partition coefficient (Wildman–Crippen LogP) is 1.56. The van der Waals surface area contributed by atoms with Crippen molar-refractivity contribution in [2.75, 3.05) is 44.7 Å². The van der Waals surface area contributed by atoms with Crippen molar-refractivity contribution in [3.05, 3.63) is 23.9 Å². The Morgan fingerprint density at radius 2 is 2.00 bits per heavy atom. The molecular weight excluding hydrogens is 274 g/mol. The molecule has 1 atom stereocenters. The number of rotatable bonds is 2. The van der Waals surface area contributed by atoms with E-state index in [1.54, 1.807) is 6.20 Å². The molecule has 118 valence electrons. The Hall–Kier alpha value is -1.64. The fourth-order valence-corrected chi connectivity index (χ4v) is 3.77. The molecule has 2 aliphatic heterocycles. The van der Waals surface area contributed by atoms with Crippen molar-refractivity contribution >= 4 is 5.82 Å². The summed E-state index contributed by atoms with van der Waals surface area (Å²) in [7, 11) is 2.21. The van der Waals surface area contributed by atoms with Crippen molar-refractivity contribution in [3.63, 3.8) is 0 Å². The lowest BCUT2D eigenvalue weighted by atomic mass is 10.00. The van der Waals surface area contributed by atoms with E-state index in [0.29, 0.717) is 17.6 Å². The highest BCUT2D eigenvalue weighted by Crippen LogP contribution is 2.24. The van der Waals surface area contributed by atoms with E-state index in [4.69, 9.17) is 0 Å². The molecule has 0 radical (unpaired) electrons. The first-order valence-corrected chi connectivity index (χ1v) is 8.23. The van der Waals surface area contributed by atoms with E-state index < -0.39 is 0 Å². The normalized spacial score (nSPS) is 25.1. The van der Waals surface area contributed by atoms with Crippen LogP contribution in [0.25, 0.3) is 0 Å². The van der Waals surface area contributed by atoms with E-state index in [9.17, 15) is 5.26 Å². The molecule has 1 aromatic heterocycles. The van der Waals surface area contributed by atoms with Gasteiger partial charge < -0.3 is 9.80 Å². The summed E-state index contributed by atoms with van der Waals surface area (Å²) in [5.41, 5.74) is 0.683. The standard InChI is InChI=1S/C17H25N5/c1-14-13-21(17-15(12-18)4-3-7-19-17)10-11-22(14)16-5-8-20(2)9-6-16/h3-4,7,14,16H,5-6,8-11,13H2,1-2H3.